The molecule has 3 nitrogen and oxygen atoms in total. The van der Waals surface area contributed by atoms with Gasteiger partial charge in [-0.3, -0.25) is 4.79 Å². The van der Waals surface area contributed by atoms with Crippen LogP contribution in [0.1, 0.15) is 71.6 Å². The molecule has 1 atom stereocenters. The van der Waals surface area contributed by atoms with Gasteiger partial charge in [-0.25, -0.2) is 0 Å². The van der Waals surface area contributed by atoms with Gasteiger partial charge in [-0.1, -0.05) is 46.0 Å². The first-order chi connectivity index (χ1) is 9.27. The Labute approximate surface area is 119 Å². The van der Waals surface area contributed by atoms with Crippen molar-refractivity contribution < 1.29 is 4.79 Å². The Kier molecular flexibility index (Phi) is 8.89. The Hall–Kier alpha value is -0.570. The molecule has 1 saturated heterocycles. The molecule has 1 aliphatic rings. The van der Waals surface area contributed by atoms with Crippen LogP contribution in [0, 0.1) is 0 Å². The Balaban J connectivity index is 2.28. The van der Waals surface area contributed by atoms with Crippen molar-refractivity contribution in [3.8, 4) is 0 Å². The fourth-order valence-electron chi connectivity index (χ4n) is 2.81. The quantitative estimate of drug-likeness (QED) is 0.732. The van der Waals surface area contributed by atoms with Crippen LogP contribution in [0.15, 0.2) is 0 Å². The number of carbonyl (C=O) groups excluding carboxylic acids is 1. The molecule has 0 aromatic heterocycles. The minimum atomic E-state index is 0.305. The SMILES string of the molecule is CCCCC(CCC)NCC(=O)N1CCCCCC1. The molecule has 0 radical (unpaired) electrons. The average Bonchev–Trinajstić information content (AvgIpc) is 2.70. The second kappa shape index (κ2) is 10.2. The molecule has 19 heavy (non-hydrogen) atoms. The lowest BCUT2D eigenvalue weighted by molar-refractivity contribution is -0.130. The number of hydrogen-bond donors (Lipinski definition) is 1. The summed E-state index contributed by atoms with van der Waals surface area (Å²) in [6.45, 7) is 6.92. The third-order valence-electron chi connectivity index (χ3n) is 4.04. The molecule has 0 spiro atoms. The van der Waals surface area contributed by atoms with Crippen LogP contribution in [0.3, 0.4) is 0 Å². The lowest BCUT2D eigenvalue weighted by Crippen LogP contribution is -2.42. The summed E-state index contributed by atoms with van der Waals surface area (Å²) in [5.74, 6) is 0.305. The first-order valence-corrected chi connectivity index (χ1v) is 8.29. The predicted molar refractivity (Wildman–Crippen MR) is 81.3 cm³/mol. The Morgan fingerprint density at radius 1 is 1.05 bits per heavy atom. The minimum Gasteiger partial charge on any atom is -0.342 e. The number of hydrogen-bond acceptors (Lipinski definition) is 2. The molecule has 1 aliphatic heterocycles. The van der Waals surface area contributed by atoms with Crippen LogP contribution >= 0.6 is 0 Å². The second-order valence-electron chi connectivity index (χ2n) is 5.80. The van der Waals surface area contributed by atoms with Crippen molar-refractivity contribution in [3.05, 3.63) is 0 Å². The number of rotatable bonds is 8. The molecule has 1 rings (SSSR count). The smallest absolute Gasteiger partial charge is 0.236 e. The van der Waals surface area contributed by atoms with Gasteiger partial charge in [0.15, 0.2) is 0 Å². The zero-order valence-electron chi connectivity index (χ0n) is 12.9. The van der Waals surface area contributed by atoms with Crippen LogP contribution in [-0.2, 0) is 4.79 Å². The molecule has 1 amide bonds. The highest BCUT2D eigenvalue weighted by Crippen LogP contribution is 2.10. The lowest BCUT2D eigenvalue weighted by Gasteiger charge is -2.23. The zero-order chi connectivity index (χ0) is 13.9. The van der Waals surface area contributed by atoms with Crippen molar-refractivity contribution in [2.75, 3.05) is 19.6 Å². The summed E-state index contributed by atoms with van der Waals surface area (Å²) in [6, 6.07) is 0.529. The van der Waals surface area contributed by atoms with Gasteiger partial charge in [-0.2, -0.15) is 0 Å². The van der Waals surface area contributed by atoms with E-state index in [4.69, 9.17) is 0 Å². The maximum Gasteiger partial charge on any atom is 0.236 e. The summed E-state index contributed by atoms with van der Waals surface area (Å²) in [6.07, 6.45) is 11.0. The first kappa shape index (κ1) is 16.5. The van der Waals surface area contributed by atoms with E-state index in [0.29, 0.717) is 18.5 Å². The van der Waals surface area contributed by atoms with Crippen molar-refractivity contribution >= 4 is 5.91 Å². The summed E-state index contributed by atoms with van der Waals surface area (Å²) in [5, 5.41) is 3.48. The molecular formula is C16H32N2O. The molecule has 0 saturated carbocycles. The summed E-state index contributed by atoms with van der Waals surface area (Å²) >= 11 is 0. The summed E-state index contributed by atoms with van der Waals surface area (Å²) in [5.41, 5.74) is 0. The predicted octanol–water partition coefficient (Wildman–Crippen LogP) is 3.34. The topological polar surface area (TPSA) is 32.3 Å². The van der Waals surface area contributed by atoms with Crippen LogP contribution in [0.2, 0.25) is 0 Å². The summed E-state index contributed by atoms with van der Waals surface area (Å²) in [7, 11) is 0. The van der Waals surface area contributed by atoms with Crippen molar-refractivity contribution in [1.29, 1.82) is 0 Å². The molecule has 1 fully saturated rings. The third kappa shape index (κ3) is 6.95. The normalized spacial score (nSPS) is 18.1. The number of carbonyl (C=O) groups is 1. The molecule has 112 valence electrons. The zero-order valence-corrected chi connectivity index (χ0v) is 12.9. The number of nitrogens with one attached hydrogen (secondary N) is 1. The van der Waals surface area contributed by atoms with Gasteiger partial charge in [0, 0.05) is 19.1 Å². The maximum absolute atomic E-state index is 12.2. The molecule has 1 N–H and O–H groups in total. The average molecular weight is 268 g/mol. The van der Waals surface area contributed by atoms with Crippen LogP contribution in [0.5, 0.6) is 0 Å². The number of unbranched alkanes of at least 4 members (excludes halogenated alkanes) is 1. The fourth-order valence-corrected chi connectivity index (χ4v) is 2.81. The van der Waals surface area contributed by atoms with Gasteiger partial charge in [-0.05, 0) is 25.7 Å². The lowest BCUT2D eigenvalue weighted by atomic mass is 10.1. The summed E-state index contributed by atoms with van der Waals surface area (Å²) in [4.78, 5) is 14.3. The van der Waals surface area contributed by atoms with Crippen molar-refractivity contribution in [2.45, 2.75) is 77.7 Å². The number of nitrogens with zero attached hydrogens (tertiary/aromatic N) is 1. The highest BCUT2D eigenvalue weighted by atomic mass is 16.2. The van der Waals surface area contributed by atoms with E-state index in [2.05, 4.69) is 24.1 Å². The maximum atomic E-state index is 12.2. The van der Waals surface area contributed by atoms with E-state index in [1.54, 1.807) is 0 Å². The third-order valence-corrected chi connectivity index (χ3v) is 4.04. The first-order valence-electron chi connectivity index (χ1n) is 8.29. The molecule has 1 heterocycles. The van der Waals surface area contributed by atoms with Crippen LogP contribution in [0.25, 0.3) is 0 Å². The van der Waals surface area contributed by atoms with Crippen LogP contribution in [-0.4, -0.2) is 36.5 Å². The second-order valence-corrected chi connectivity index (χ2v) is 5.80. The highest BCUT2D eigenvalue weighted by Gasteiger charge is 2.16. The largest absolute Gasteiger partial charge is 0.342 e. The van der Waals surface area contributed by atoms with Crippen LogP contribution in [0.4, 0.5) is 0 Å². The summed E-state index contributed by atoms with van der Waals surface area (Å²) < 4.78 is 0. The molecule has 0 bridgehead atoms. The van der Waals surface area contributed by atoms with E-state index >= 15 is 0 Å². The molecular weight excluding hydrogens is 236 g/mol. The van der Waals surface area contributed by atoms with Gasteiger partial charge in [0.1, 0.15) is 0 Å². The van der Waals surface area contributed by atoms with Gasteiger partial charge in [-0.15, -0.1) is 0 Å². The van der Waals surface area contributed by atoms with Gasteiger partial charge in [0.25, 0.3) is 0 Å². The van der Waals surface area contributed by atoms with Crippen molar-refractivity contribution in [3.63, 3.8) is 0 Å². The highest BCUT2D eigenvalue weighted by molar-refractivity contribution is 5.78. The Morgan fingerprint density at radius 3 is 2.32 bits per heavy atom. The Bertz CT molecular complexity index is 235. The standard InChI is InChI=1S/C16H32N2O/c1-3-5-11-15(10-4-2)17-14-16(19)18-12-8-6-7-9-13-18/h15,17H,3-14H2,1-2H3. The van der Waals surface area contributed by atoms with E-state index in [9.17, 15) is 4.79 Å². The molecule has 0 aromatic carbocycles. The van der Waals surface area contributed by atoms with Gasteiger partial charge < -0.3 is 10.2 Å². The fraction of sp³-hybridized carbons (Fsp3) is 0.938. The van der Waals surface area contributed by atoms with E-state index in [0.717, 1.165) is 13.1 Å². The van der Waals surface area contributed by atoms with E-state index < -0.39 is 0 Å². The van der Waals surface area contributed by atoms with Gasteiger partial charge >= 0.3 is 0 Å². The molecule has 1 unspecified atom stereocenters. The minimum absolute atomic E-state index is 0.305. The number of amides is 1. The van der Waals surface area contributed by atoms with E-state index in [-0.39, 0.29) is 0 Å². The number of likely N-dealkylation sites (tertiary alicyclic amines) is 1. The molecule has 0 aromatic rings. The van der Waals surface area contributed by atoms with Crippen molar-refractivity contribution in [2.24, 2.45) is 0 Å². The van der Waals surface area contributed by atoms with Crippen LogP contribution < -0.4 is 5.32 Å². The van der Waals surface area contributed by atoms with E-state index in [1.807, 2.05) is 0 Å². The molecule has 3 heteroatoms. The van der Waals surface area contributed by atoms with Crippen molar-refractivity contribution in [1.82, 2.24) is 10.2 Å². The van der Waals surface area contributed by atoms with Gasteiger partial charge in [0.05, 0.1) is 6.54 Å². The monoisotopic (exact) mass is 268 g/mol. The Morgan fingerprint density at radius 2 is 1.74 bits per heavy atom. The van der Waals surface area contributed by atoms with Gasteiger partial charge in [0.2, 0.25) is 5.91 Å². The molecule has 0 aliphatic carbocycles. The van der Waals surface area contributed by atoms with E-state index in [1.165, 1.54) is 57.8 Å².